The van der Waals surface area contributed by atoms with Crippen molar-refractivity contribution < 1.29 is 17.3 Å². The van der Waals surface area contributed by atoms with Crippen molar-refractivity contribution in [2.24, 2.45) is 0 Å². The molecule has 1 fully saturated rings. The molecule has 4 aromatic rings. The van der Waals surface area contributed by atoms with Crippen molar-refractivity contribution in [2.45, 2.75) is 36.4 Å². The number of aromatic nitrogens is 1. The molecule has 1 atom stereocenters. The number of rotatable bonds is 7. The first-order valence-corrected chi connectivity index (χ1v) is 13.0. The third kappa shape index (κ3) is 4.17. The second kappa shape index (κ2) is 8.55. The van der Waals surface area contributed by atoms with E-state index in [1.54, 1.807) is 13.0 Å². The van der Waals surface area contributed by atoms with Crippen molar-refractivity contribution in [3.05, 3.63) is 59.5 Å². The average Bonchev–Trinajstić information content (AvgIpc) is 3.47. The molecule has 3 heterocycles. The molecule has 0 bridgehead atoms. The average molecular weight is 474 g/mol. The molecule has 1 aliphatic rings. The summed E-state index contributed by atoms with van der Waals surface area (Å²) in [6, 6.07) is 12.1. The number of aryl methyl sites for hydroxylation is 2. The van der Waals surface area contributed by atoms with E-state index in [-0.39, 0.29) is 16.1 Å². The van der Waals surface area contributed by atoms with Gasteiger partial charge in [0.25, 0.3) is 10.0 Å². The molecular formula is C23H24FN3O3S2. The van der Waals surface area contributed by atoms with Gasteiger partial charge in [-0.2, -0.15) is 0 Å². The first-order chi connectivity index (χ1) is 15.4. The number of benzene rings is 2. The number of nitrogens with one attached hydrogen (secondary N) is 1. The lowest BCUT2D eigenvalue weighted by atomic mass is 10.1. The lowest BCUT2D eigenvalue weighted by Gasteiger charge is -2.16. The summed E-state index contributed by atoms with van der Waals surface area (Å²) in [4.78, 5) is 2.28. The number of para-hydroxylation sites is 1. The van der Waals surface area contributed by atoms with Crippen molar-refractivity contribution in [1.82, 2.24) is 14.8 Å². The molecule has 5 rings (SSSR count). The van der Waals surface area contributed by atoms with E-state index < -0.39 is 10.0 Å². The van der Waals surface area contributed by atoms with E-state index in [4.69, 9.17) is 4.52 Å². The number of halogens is 1. The Labute approximate surface area is 190 Å². The summed E-state index contributed by atoms with van der Waals surface area (Å²) in [5.41, 5.74) is 2.37. The van der Waals surface area contributed by atoms with Gasteiger partial charge in [-0.05, 0) is 80.6 Å². The van der Waals surface area contributed by atoms with Crippen LogP contribution in [-0.4, -0.2) is 44.2 Å². The van der Waals surface area contributed by atoms with Gasteiger partial charge in [-0.3, -0.25) is 0 Å². The minimum atomic E-state index is -3.66. The fraction of sp³-hybridized carbons (Fsp3) is 0.348. The number of nitrogens with zero attached hydrogens (tertiary/aromatic N) is 2. The van der Waals surface area contributed by atoms with Gasteiger partial charge >= 0.3 is 0 Å². The zero-order valence-electron chi connectivity index (χ0n) is 17.7. The van der Waals surface area contributed by atoms with E-state index >= 15 is 0 Å². The third-order valence-corrected chi connectivity index (χ3v) is 9.45. The molecule has 9 heteroatoms. The van der Waals surface area contributed by atoms with Gasteiger partial charge in [-0.1, -0.05) is 17.3 Å². The smallest absolute Gasteiger partial charge is 0.250 e. The maximum absolute atomic E-state index is 13.6. The summed E-state index contributed by atoms with van der Waals surface area (Å²) in [5.74, 6) is -0.361. The van der Waals surface area contributed by atoms with Crippen molar-refractivity contribution in [3.8, 4) is 0 Å². The van der Waals surface area contributed by atoms with Crippen LogP contribution in [0.5, 0.6) is 0 Å². The van der Waals surface area contributed by atoms with E-state index in [1.165, 1.54) is 23.5 Å². The summed E-state index contributed by atoms with van der Waals surface area (Å²) >= 11 is 1.19. The molecule has 6 nitrogen and oxygen atoms in total. The Morgan fingerprint density at radius 3 is 2.97 bits per heavy atom. The summed E-state index contributed by atoms with van der Waals surface area (Å²) in [6.07, 6.45) is 2.52. The highest BCUT2D eigenvalue weighted by Gasteiger charge is 2.29. The van der Waals surface area contributed by atoms with E-state index in [0.29, 0.717) is 17.5 Å². The zero-order valence-corrected chi connectivity index (χ0v) is 19.3. The summed E-state index contributed by atoms with van der Waals surface area (Å²) in [5, 5.41) is 5.89. The second-order valence-electron chi connectivity index (χ2n) is 8.29. The molecule has 1 saturated heterocycles. The van der Waals surface area contributed by atoms with Gasteiger partial charge in [0, 0.05) is 22.7 Å². The first kappa shape index (κ1) is 21.5. The van der Waals surface area contributed by atoms with Gasteiger partial charge in [0.05, 0.1) is 5.69 Å². The minimum Gasteiger partial charge on any atom is -0.356 e. The van der Waals surface area contributed by atoms with Crippen LogP contribution in [0, 0.1) is 12.7 Å². The van der Waals surface area contributed by atoms with Crippen LogP contribution < -0.4 is 4.72 Å². The fourth-order valence-electron chi connectivity index (χ4n) is 4.42. The minimum absolute atomic E-state index is 0.130. The monoisotopic (exact) mass is 473 g/mol. The largest absolute Gasteiger partial charge is 0.356 e. The number of likely N-dealkylation sites (tertiary alicyclic amines) is 1. The summed E-state index contributed by atoms with van der Waals surface area (Å²) in [6.45, 7) is 4.14. The van der Waals surface area contributed by atoms with Gasteiger partial charge < -0.3 is 9.42 Å². The fourth-order valence-corrected chi connectivity index (χ4v) is 7.45. The summed E-state index contributed by atoms with van der Waals surface area (Å²) < 4.78 is 48.9. The quantitative estimate of drug-likeness (QED) is 0.429. The van der Waals surface area contributed by atoms with Crippen molar-refractivity contribution in [3.63, 3.8) is 0 Å². The molecule has 0 saturated carbocycles. The Morgan fingerprint density at radius 2 is 2.09 bits per heavy atom. The number of hydrogen-bond acceptors (Lipinski definition) is 6. The van der Waals surface area contributed by atoms with E-state index in [0.717, 1.165) is 53.7 Å². The highest BCUT2D eigenvalue weighted by atomic mass is 32.2. The molecule has 0 amide bonds. The predicted octanol–water partition coefficient (Wildman–Crippen LogP) is 4.48. The van der Waals surface area contributed by atoms with Gasteiger partial charge in [0.1, 0.15) is 10.0 Å². The third-order valence-electron chi connectivity index (χ3n) is 6.03. The molecule has 0 radical (unpaired) electrons. The predicted molar refractivity (Wildman–Crippen MR) is 124 cm³/mol. The topological polar surface area (TPSA) is 75.4 Å². The van der Waals surface area contributed by atoms with E-state index in [1.807, 2.05) is 24.3 Å². The number of thiophene rings is 1. The highest BCUT2D eigenvalue weighted by Crippen LogP contribution is 2.34. The van der Waals surface area contributed by atoms with Gasteiger partial charge in [0.15, 0.2) is 5.58 Å². The molecule has 0 spiro atoms. The normalized spacial score (nSPS) is 17.6. The molecule has 1 aliphatic heterocycles. The molecule has 0 aliphatic carbocycles. The Kier molecular flexibility index (Phi) is 5.75. The Balaban J connectivity index is 1.19. The van der Waals surface area contributed by atoms with Crippen molar-refractivity contribution >= 4 is 42.4 Å². The van der Waals surface area contributed by atoms with Crippen LogP contribution in [-0.2, 0) is 16.4 Å². The van der Waals surface area contributed by atoms with Crippen LogP contribution >= 0.6 is 11.3 Å². The molecular weight excluding hydrogens is 449 g/mol. The van der Waals surface area contributed by atoms with Crippen molar-refractivity contribution in [1.29, 1.82) is 0 Å². The molecule has 168 valence electrons. The SMILES string of the molecule is Cc1c(S(=O)(=O)N[C@@H]2CCN(CCCc3noc4ccccc34)C2)sc2ccc(F)cc12. The van der Waals surface area contributed by atoms with Crippen LogP contribution in [0.3, 0.4) is 0 Å². The molecule has 32 heavy (non-hydrogen) atoms. The number of sulfonamides is 1. The lowest BCUT2D eigenvalue weighted by Crippen LogP contribution is -2.37. The Hall–Kier alpha value is -2.33. The van der Waals surface area contributed by atoms with Crippen LogP contribution in [0.25, 0.3) is 21.1 Å². The van der Waals surface area contributed by atoms with Gasteiger partial charge in [-0.15, -0.1) is 11.3 Å². The van der Waals surface area contributed by atoms with E-state index in [2.05, 4.69) is 14.8 Å². The summed E-state index contributed by atoms with van der Waals surface area (Å²) in [7, 11) is -3.66. The molecule has 0 unspecified atom stereocenters. The molecule has 1 N–H and O–H groups in total. The highest BCUT2D eigenvalue weighted by molar-refractivity contribution is 7.91. The first-order valence-electron chi connectivity index (χ1n) is 10.7. The number of fused-ring (bicyclic) bond motifs is 2. The zero-order chi connectivity index (χ0) is 22.3. The molecule has 2 aromatic heterocycles. The van der Waals surface area contributed by atoms with Gasteiger partial charge in [-0.25, -0.2) is 17.5 Å². The van der Waals surface area contributed by atoms with Crippen LogP contribution in [0.2, 0.25) is 0 Å². The van der Waals surface area contributed by atoms with Gasteiger partial charge in [0.2, 0.25) is 0 Å². The van der Waals surface area contributed by atoms with Crippen molar-refractivity contribution in [2.75, 3.05) is 19.6 Å². The second-order valence-corrected chi connectivity index (χ2v) is 11.3. The maximum atomic E-state index is 13.6. The standard InChI is InChI=1S/C23H24FN3O3S2/c1-15-19-13-16(24)8-9-22(19)31-23(15)32(28,29)26-17-10-12-27(14-17)11-4-6-20-18-5-2-3-7-21(18)30-25-20/h2-3,5,7-9,13,17,26H,4,6,10-12,14H2,1H3/t17-/m1/s1. The van der Waals surface area contributed by atoms with E-state index in [9.17, 15) is 12.8 Å². The Bertz CT molecular complexity index is 1380. The number of hydrogen-bond donors (Lipinski definition) is 1. The van der Waals surface area contributed by atoms with Crippen LogP contribution in [0.15, 0.2) is 51.2 Å². The molecule has 2 aromatic carbocycles. The maximum Gasteiger partial charge on any atom is 0.250 e. The van der Waals surface area contributed by atoms with Crippen LogP contribution in [0.4, 0.5) is 4.39 Å². The lowest BCUT2D eigenvalue weighted by molar-refractivity contribution is 0.326. The Morgan fingerprint density at radius 1 is 1.25 bits per heavy atom. The van der Waals surface area contributed by atoms with Crippen LogP contribution in [0.1, 0.15) is 24.1 Å².